The number of nitrogens with one attached hydrogen (secondary N) is 1. The zero-order chi connectivity index (χ0) is 23.0. The van der Waals surface area contributed by atoms with E-state index < -0.39 is 6.04 Å². The summed E-state index contributed by atoms with van der Waals surface area (Å²) in [5.41, 5.74) is 3.05. The number of amides is 2. The average Bonchev–Trinajstić information content (AvgIpc) is 2.73. The van der Waals surface area contributed by atoms with Crippen molar-refractivity contribution in [1.29, 1.82) is 0 Å². The van der Waals surface area contributed by atoms with Gasteiger partial charge >= 0.3 is 0 Å². The SMILES string of the molecule is CCC(C(=O)NCC(C)C)N(Cc1ccc(Cl)cc1Cl)C(=O)CCc1ccc(C)cc1. The van der Waals surface area contributed by atoms with Gasteiger partial charge in [0, 0.05) is 29.6 Å². The molecular weight excluding hydrogens is 431 g/mol. The molecule has 0 heterocycles. The number of aryl methyl sites for hydroxylation is 2. The number of carbonyl (C=O) groups excluding carboxylic acids is 2. The first-order chi connectivity index (χ1) is 14.7. The topological polar surface area (TPSA) is 49.4 Å². The zero-order valence-electron chi connectivity index (χ0n) is 18.8. The van der Waals surface area contributed by atoms with Gasteiger partial charge in [0.05, 0.1) is 0 Å². The Kier molecular flexibility index (Phi) is 9.86. The fraction of sp³-hybridized carbons (Fsp3) is 0.440. The molecule has 4 nitrogen and oxygen atoms in total. The summed E-state index contributed by atoms with van der Waals surface area (Å²) in [5, 5.41) is 3.99. The van der Waals surface area contributed by atoms with Crippen LogP contribution in [0.25, 0.3) is 0 Å². The van der Waals surface area contributed by atoms with Crippen molar-refractivity contribution in [3.05, 3.63) is 69.2 Å². The van der Waals surface area contributed by atoms with Crippen molar-refractivity contribution in [3.63, 3.8) is 0 Å². The number of benzene rings is 2. The molecule has 0 saturated heterocycles. The van der Waals surface area contributed by atoms with Crippen LogP contribution in [0.1, 0.15) is 50.3 Å². The summed E-state index contributed by atoms with van der Waals surface area (Å²) in [6, 6.07) is 12.8. The Morgan fingerprint density at radius 2 is 1.74 bits per heavy atom. The minimum atomic E-state index is -0.559. The van der Waals surface area contributed by atoms with Crippen molar-refractivity contribution in [2.24, 2.45) is 5.92 Å². The Bertz CT molecular complexity index is 882. The first-order valence-electron chi connectivity index (χ1n) is 10.8. The van der Waals surface area contributed by atoms with Crippen LogP contribution >= 0.6 is 23.2 Å². The van der Waals surface area contributed by atoms with E-state index in [1.165, 1.54) is 5.56 Å². The Morgan fingerprint density at radius 3 is 2.32 bits per heavy atom. The lowest BCUT2D eigenvalue weighted by Crippen LogP contribution is -2.49. The summed E-state index contributed by atoms with van der Waals surface area (Å²) >= 11 is 12.4. The minimum absolute atomic E-state index is 0.0712. The van der Waals surface area contributed by atoms with E-state index in [0.29, 0.717) is 41.8 Å². The summed E-state index contributed by atoms with van der Waals surface area (Å²) in [5.74, 6) is 0.126. The summed E-state index contributed by atoms with van der Waals surface area (Å²) in [7, 11) is 0. The highest BCUT2D eigenvalue weighted by molar-refractivity contribution is 6.35. The molecule has 0 aliphatic rings. The fourth-order valence-corrected chi connectivity index (χ4v) is 3.79. The molecule has 2 aromatic rings. The molecule has 0 bridgehead atoms. The van der Waals surface area contributed by atoms with Gasteiger partial charge in [-0.15, -0.1) is 0 Å². The molecule has 0 saturated carbocycles. The molecule has 0 fully saturated rings. The van der Waals surface area contributed by atoms with Crippen LogP contribution in [-0.2, 0) is 22.6 Å². The van der Waals surface area contributed by atoms with E-state index in [4.69, 9.17) is 23.2 Å². The van der Waals surface area contributed by atoms with Gasteiger partial charge in [-0.2, -0.15) is 0 Å². The second-order valence-corrected chi connectivity index (χ2v) is 9.15. The van der Waals surface area contributed by atoms with Crippen molar-refractivity contribution < 1.29 is 9.59 Å². The van der Waals surface area contributed by atoms with Crippen LogP contribution < -0.4 is 5.32 Å². The van der Waals surface area contributed by atoms with Gasteiger partial charge in [-0.1, -0.05) is 79.9 Å². The number of halogens is 2. The highest BCUT2D eigenvalue weighted by Crippen LogP contribution is 2.24. The van der Waals surface area contributed by atoms with E-state index in [2.05, 4.69) is 5.32 Å². The molecule has 31 heavy (non-hydrogen) atoms. The van der Waals surface area contributed by atoms with Crippen molar-refractivity contribution in [2.45, 2.75) is 59.5 Å². The van der Waals surface area contributed by atoms with Gasteiger partial charge in [0.25, 0.3) is 0 Å². The Balaban J connectivity index is 2.22. The van der Waals surface area contributed by atoms with Crippen LogP contribution in [0.3, 0.4) is 0 Å². The van der Waals surface area contributed by atoms with Gasteiger partial charge in [0.15, 0.2) is 0 Å². The lowest BCUT2D eigenvalue weighted by molar-refractivity contribution is -0.141. The maximum atomic E-state index is 13.3. The third kappa shape index (κ3) is 7.86. The van der Waals surface area contributed by atoms with E-state index in [1.54, 1.807) is 17.0 Å². The van der Waals surface area contributed by atoms with Crippen molar-refractivity contribution in [3.8, 4) is 0 Å². The molecule has 1 unspecified atom stereocenters. The number of hydrogen-bond acceptors (Lipinski definition) is 2. The van der Waals surface area contributed by atoms with Gasteiger partial charge in [-0.05, 0) is 48.9 Å². The smallest absolute Gasteiger partial charge is 0.242 e. The largest absolute Gasteiger partial charge is 0.354 e. The lowest BCUT2D eigenvalue weighted by Gasteiger charge is -2.31. The molecule has 1 N–H and O–H groups in total. The molecule has 1 atom stereocenters. The third-order valence-corrected chi connectivity index (χ3v) is 5.76. The molecule has 0 aliphatic carbocycles. The second-order valence-electron chi connectivity index (χ2n) is 8.31. The van der Waals surface area contributed by atoms with E-state index in [1.807, 2.05) is 58.0 Å². The standard InChI is InChI=1S/C25H32Cl2N2O2/c1-5-23(25(31)28-15-17(2)3)29(16-20-11-12-21(26)14-22(20)27)24(30)13-10-19-8-6-18(4)7-9-19/h6-9,11-12,14,17,23H,5,10,13,15-16H2,1-4H3,(H,28,31). The average molecular weight is 463 g/mol. The predicted molar refractivity (Wildman–Crippen MR) is 128 cm³/mol. The second kappa shape index (κ2) is 12.1. The van der Waals surface area contributed by atoms with Crippen molar-refractivity contribution in [2.75, 3.05) is 6.54 Å². The van der Waals surface area contributed by atoms with E-state index in [9.17, 15) is 9.59 Å². The van der Waals surface area contributed by atoms with Crippen LogP contribution in [0.15, 0.2) is 42.5 Å². The first kappa shape index (κ1) is 25.2. The summed E-state index contributed by atoms with van der Waals surface area (Å²) in [4.78, 5) is 27.8. The quantitative estimate of drug-likeness (QED) is 0.483. The van der Waals surface area contributed by atoms with Crippen LogP contribution in [-0.4, -0.2) is 29.3 Å². The molecular formula is C25H32Cl2N2O2. The van der Waals surface area contributed by atoms with Crippen LogP contribution in [0.5, 0.6) is 0 Å². The number of hydrogen-bond donors (Lipinski definition) is 1. The molecule has 0 spiro atoms. The van der Waals surface area contributed by atoms with Crippen LogP contribution in [0.2, 0.25) is 10.0 Å². The molecule has 0 aliphatic heterocycles. The lowest BCUT2D eigenvalue weighted by atomic mass is 10.0. The fourth-order valence-electron chi connectivity index (χ4n) is 3.33. The van der Waals surface area contributed by atoms with Gasteiger partial charge < -0.3 is 10.2 Å². The minimum Gasteiger partial charge on any atom is -0.354 e. The Hall–Kier alpha value is -2.04. The number of carbonyl (C=O) groups is 2. The van der Waals surface area contributed by atoms with E-state index in [0.717, 1.165) is 11.1 Å². The Labute approximate surface area is 195 Å². The third-order valence-electron chi connectivity index (χ3n) is 5.17. The highest BCUT2D eigenvalue weighted by atomic mass is 35.5. The number of nitrogens with zero attached hydrogens (tertiary/aromatic N) is 1. The van der Waals surface area contributed by atoms with E-state index in [-0.39, 0.29) is 18.4 Å². The Morgan fingerprint density at radius 1 is 1.06 bits per heavy atom. The summed E-state index contributed by atoms with van der Waals surface area (Å²) in [6.45, 7) is 8.87. The van der Waals surface area contributed by atoms with Crippen LogP contribution in [0, 0.1) is 12.8 Å². The molecule has 0 aromatic heterocycles. The van der Waals surface area contributed by atoms with Gasteiger partial charge in [0.1, 0.15) is 6.04 Å². The van der Waals surface area contributed by atoms with Gasteiger partial charge in [-0.3, -0.25) is 9.59 Å². The van der Waals surface area contributed by atoms with E-state index >= 15 is 0 Å². The maximum absolute atomic E-state index is 13.3. The summed E-state index contributed by atoms with van der Waals surface area (Å²) < 4.78 is 0. The number of rotatable bonds is 10. The summed E-state index contributed by atoms with van der Waals surface area (Å²) in [6.07, 6.45) is 1.46. The normalized spacial score (nSPS) is 12.0. The van der Waals surface area contributed by atoms with Crippen LogP contribution in [0.4, 0.5) is 0 Å². The molecule has 2 aromatic carbocycles. The molecule has 0 radical (unpaired) electrons. The highest BCUT2D eigenvalue weighted by Gasteiger charge is 2.29. The molecule has 2 amide bonds. The molecule has 2 rings (SSSR count). The monoisotopic (exact) mass is 462 g/mol. The zero-order valence-corrected chi connectivity index (χ0v) is 20.3. The van der Waals surface area contributed by atoms with Gasteiger partial charge in [-0.25, -0.2) is 0 Å². The maximum Gasteiger partial charge on any atom is 0.242 e. The first-order valence-corrected chi connectivity index (χ1v) is 11.5. The molecule has 6 heteroatoms. The van der Waals surface area contributed by atoms with Crippen molar-refractivity contribution in [1.82, 2.24) is 10.2 Å². The van der Waals surface area contributed by atoms with Gasteiger partial charge in [0.2, 0.25) is 11.8 Å². The molecule has 168 valence electrons. The van der Waals surface area contributed by atoms with Crippen molar-refractivity contribution >= 4 is 35.0 Å². The predicted octanol–water partition coefficient (Wildman–Crippen LogP) is 5.81.